The summed E-state index contributed by atoms with van der Waals surface area (Å²) in [5.41, 5.74) is 2.86. The van der Waals surface area contributed by atoms with Crippen LogP contribution in [-0.4, -0.2) is 36.3 Å². The van der Waals surface area contributed by atoms with Gasteiger partial charge >= 0.3 is 0 Å². The van der Waals surface area contributed by atoms with Crippen molar-refractivity contribution in [3.63, 3.8) is 0 Å². The number of nitrogens with one attached hydrogen (secondary N) is 2. The Labute approximate surface area is 155 Å². The van der Waals surface area contributed by atoms with Crippen molar-refractivity contribution in [2.45, 2.75) is 26.9 Å². The molecule has 0 unspecified atom stereocenters. The van der Waals surface area contributed by atoms with Gasteiger partial charge in [-0.3, -0.25) is 14.5 Å². The van der Waals surface area contributed by atoms with Gasteiger partial charge in [0.25, 0.3) is 5.91 Å². The van der Waals surface area contributed by atoms with E-state index in [1.807, 2.05) is 24.3 Å². The average molecular weight is 353 g/mol. The van der Waals surface area contributed by atoms with E-state index in [-0.39, 0.29) is 18.4 Å². The van der Waals surface area contributed by atoms with E-state index >= 15 is 0 Å². The lowest BCUT2D eigenvalue weighted by Gasteiger charge is -2.20. The lowest BCUT2D eigenvalue weighted by Crippen LogP contribution is -2.36. The minimum atomic E-state index is -0.248. The fourth-order valence-electron chi connectivity index (χ4n) is 2.68. The molecule has 2 aromatic carbocycles. The molecule has 0 aliphatic carbocycles. The summed E-state index contributed by atoms with van der Waals surface area (Å²) in [5, 5.41) is 5.52. The van der Waals surface area contributed by atoms with E-state index in [0.717, 1.165) is 25.2 Å². The molecule has 0 atom stereocenters. The predicted octanol–water partition coefficient (Wildman–Crippen LogP) is 2.57. The Morgan fingerprint density at radius 3 is 2.12 bits per heavy atom. The number of nitrogens with zero attached hydrogens (tertiary/aromatic N) is 1. The Balaban J connectivity index is 1.84. The van der Waals surface area contributed by atoms with Crippen molar-refractivity contribution in [3.8, 4) is 0 Å². The molecule has 0 fully saturated rings. The summed E-state index contributed by atoms with van der Waals surface area (Å²) in [7, 11) is 0. The van der Waals surface area contributed by atoms with E-state index < -0.39 is 0 Å². The zero-order valence-corrected chi connectivity index (χ0v) is 15.5. The van der Waals surface area contributed by atoms with Crippen molar-refractivity contribution < 1.29 is 9.59 Å². The molecule has 2 amide bonds. The van der Waals surface area contributed by atoms with Crippen LogP contribution >= 0.6 is 0 Å². The maximum absolute atomic E-state index is 12.1. The fraction of sp³-hybridized carbons (Fsp3) is 0.333. The summed E-state index contributed by atoms with van der Waals surface area (Å²) >= 11 is 0. The first-order valence-electron chi connectivity index (χ1n) is 9.03. The van der Waals surface area contributed by atoms with Gasteiger partial charge in [0.1, 0.15) is 0 Å². The number of carbonyl (C=O) groups is 2. The number of hydrogen-bond acceptors (Lipinski definition) is 3. The Bertz CT molecular complexity index is 712. The van der Waals surface area contributed by atoms with Gasteiger partial charge in [-0.2, -0.15) is 0 Å². The topological polar surface area (TPSA) is 61.4 Å². The molecule has 0 radical (unpaired) electrons. The van der Waals surface area contributed by atoms with Crippen LogP contribution in [-0.2, 0) is 17.9 Å². The van der Waals surface area contributed by atoms with Crippen molar-refractivity contribution in [3.05, 3.63) is 71.3 Å². The summed E-state index contributed by atoms with van der Waals surface area (Å²) in [6.07, 6.45) is 0. The largest absolute Gasteiger partial charge is 0.350 e. The van der Waals surface area contributed by atoms with E-state index in [4.69, 9.17) is 0 Å². The summed E-state index contributed by atoms with van der Waals surface area (Å²) in [4.78, 5) is 26.4. The van der Waals surface area contributed by atoms with Crippen LogP contribution in [0.25, 0.3) is 0 Å². The highest BCUT2D eigenvalue weighted by atomic mass is 16.2. The zero-order valence-electron chi connectivity index (χ0n) is 15.5. The van der Waals surface area contributed by atoms with Gasteiger partial charge in [0, 0.05) is 18.7 Å². The lowest BCUT2D eigenvalue weighted by molar-refractivity contribution is -0.120. The molecule has 0 saturated carbocycles. The van der Waals surface area contributed by atoms with Gasteiger partial charge < -0.3 is 10.6 Å². The van der Waals surface area contributed by atoms with Gasteiger partial charge in [0.2, 0.25) is 5.91 Å². The molecule has 0 heterocycles. The Morgan fingerprint density at radius 1 is 0.846 bits per heavy atom. The van der Waals surface area contributed by atoms with E-state index in [2.05, 4.69) is 35.4 Å². The number of amides is 2. The molecule has 5 nitrogen and oxygen atoms in total. The van der Waals surface area contributed by atoms with Gasteiger partial charge in [0.15, 0.2) is 0 Å². The van der Waals surface area contributed by atoms with Crippen molar-refractivity contribution in [1.29, 1.82) is 0 Å². The van der Waals surface area contributed by atoms with E-state index in [1.165, 1.54) is 5.56 Å². The second-order valence-electron chi connectivity index (χ2n) is 6.06. The second-order valence-corrected chi connectivity index (χ2v) is 6.06. The molecule has 0 aliphatic heterocycles. The monoisotopic (exact) mass is 353 g/mol. The third kappa shape index (κ3) is 6.01. The first-order chi connectivity index (χ1) is 12.6. The number of rotatable bonds is 9. The molecule has 2 rings (SSSR count). The molecule has 0 spiro atoms. The molecule has 0 saturated heterocycles. The normalized spacial score (nSPS) is 10.6. The van der Waals surface area contributed by atoms with Crippen LogP contribution in [0.4, 0.5) is 0 Å². The molecular weight excluding hydrogens is 326 g/mol. The maximum atomic E-state index is 12.1. The van der Waals surface area contributed by atoms with Gasteiger partial charge in [0.05, 0.1) is 6.54 Å². The highest BCUT2D eigenvalue weighted by molar-refractivity contribution is 5.96. The fourth-order valence-corrected chi connectivity index (χ4v) is 2.68. The Hall–Kier alpha value is -2.66. The summed E-state index contributed by atoms with van der Waals surface area (Å²) in [6.45, 7) is 7.55. The second kappa shape index (κ2) is 10.4. The molecule has 26 heavy (non-hydrogen) atoms. The highest BCUT2D eigenvalue weighted by Gasteiger charge is 2.09. The summed E-state index contributed by atoms with van der Waals surface area (Å²) in [6, 6.07) is 17.0. The molecule has 138 valence electrons. The molecule has 2 aromatic rings. The van der Waals surface area contributed by atoms with E-state index in [0.29, 0.717) is 12.1 Å². The first-order valence-corrected chi connectivity index (χ1v) is 9.03. The Kier molecular flexibility index (Phi) is 7.83. The standard InChI is InChI=1S/C21H27N3O2/c1-3-24(4-2)16-19-13-9-8-12-18(19)14-22-20(25)15-23-21(26)17-10-6-5-7-11-17/h5-13H,3-4,14-16H2,1-2H3,(H,22,25)(H,23,26). The van der Waals surface area contributed by atoms with Gasteiger partial charge in [-0.25, -0.2) is 0 Å². The molecular formula is C21H27N3O2. The average Bonchev–Trinajstić information content (AvgIpc) is 2.70. The summed E-state index contributed by atoms with van der Waals surface area (Å²) in [5.74, 6) is -0.449. The van der Waals surface area contributed by atoms with Gasteiger partial charge in [-0.05, 0) is 36.3 Å². The number of benzene rings is 2. The van der Waals surface area contributed by atoms with Crippen LogP contribution in [0.15, 0.2) is 54.6 Å². The molecule has 0 aliphatic rings. The number of carbonyl (C=O) groups excluding carboxylic acids is 2. The van der Waals surface area contributed by atoms with Crippen molar-refractivity contribution in [2.75, 3.05) is 19.6 Å². The lowest BCUT2D eigenvalue weighted by atomic mass is 10.1. The maximum Gasteiger partial charge on any atom is 0.251 e. The van der Waals surface area contributed by atoms with Crippen LogP contribution < -0.4 is 10.6 Å². The van der Waals surface area contributed by atoms with Gasteiger partial charge in [-0.1, -0.05) is 56.3 Å². The van der Waals surface area contributed by atoms with Gasteiger partial charge in [-0.15, -0.1) is 0 Å². The van der Waals surface area contributed by atoms with Crippen molar-refractivity contribution in [2.24, 2.45) is 0 Å². The molecule has 0 aromatic heterocycles. The van der Waals surface area contributed by atoms with Crippen molar-refractivity contribution >= 4 is 11.8 Å². The van der Waals surface area contributed by atoms with Crippen LogP contribution in [0.5, 0.6) is 0 Å². The third-order valence-electron chi connectivity index (χ3n) is 4.33. The number of hydrogen-bond donors (Lipinski definition) is 2. The van der Waals surface area contributed by atoms with Crippen LogP contribution in [0.3, 0.4) is 0 Å². The molecule has 2 N–H and O–H groups in total. The van der Waals surface area contributed by atoms with E-state index in [1.54, 1.807) is 24.3 Å². The SMILES string of the molecule is CCN(CC)Cc1ccccc1CNC(=O)CNC(=O)c1ccccc1. The minimum Gasteiger partial charge on any atom is -0.350 e. The van der Waals surface area contributed by atoms with E-state index in [9.17, 15) is 9.59 Å². The van der Waals surface area contributed by atoms with Crippen molar-refractivity contribution in [1.82, 2.24) is 15.5 Å². The zero-order chi connectivity index (χ0) is 18.8. The highest BCUT2D eigenvalue weighted by Crippen LogP contribution is 2.11. The van der Waals surface area contributed by atoms with Crippen LogP contribution in [0.2, 0.25) is 0 Å². The quantitative estimate of drug-likeness (QED) is 0.728. The molecule has 0 bridgehead atoms. The molecule has 5 heteroatoms. The summed E-state index contributed by atoms with van der Waals surface area (Å²) < 4.78 is 0. The predicted molar refractivity (Wildman–Crippen MR) is 104 cm³/mol. The minimum absolute atomic E-state index is 0.0358. The van der Waals surface area contributed by atoms with Crippen LogP contribution in [0, 0.1) is 0 Å². The third-order valence-corrected chi connectivity index (χ3v) is 4.33. The first kappa shape index (κ1) is 19.7. The Morgan fingerprint density at radius 2 is 1.46 bits per heavy atom. The van der Waals surface area contributed by atoms with Crippen LogP contribution in [0.1, 0.15) is 35.3 Å². The smallest absolute Gasteiger partial charge is 0.251 e.